The molecule has 0 aliphatic rings. The monoisotopic (exact) mass is 241 g/mol. The van der Waals surface area contributed by atoms with Crippen molar-refractivity contribution in [2.45, 2.75) is 13.8 Å². The summed E-state index contributed by atoms with van der Waals surface area (Å²) < 4.78 is 0. The van der Waals surface area contributed by atoms with Crippen LogP contribution in [0.4, 0.5) is 0 Å². The summed E-state index contributed by atoms with van der Waals surface area (Å²) in [5.41, 5.74) is 2.45. The fourth-order valence-electron chi connectivity index (χ4n) is 0.706. The van der Waals surface area contributed by atoms with Crippen LogP contribution >= 0.6 is 19.4 Å². The number of aromatic nitrogens is 1. The number of pyridine rings is 1. The van der Waals surface area contributed by atoms with Gasteiger partial charge in [0, 0.05) is 12.4 Å². The number of hydrogen-bond acceptors (Lipinski definition) is 1. The Bertz CT molecular complexity index is 188. The van der Waals surface area contributed by atoms with Crippen molar-refractivity contribution in [1.29, 1.82) is 0 Å². The third-order valence-electron chi connectivity index (χ3n) is 1.01. The molecule has 0 saturated heterocycles. The van der Waals surface area contributed by atoms with E-state index < -0.39 is 15.1 Å². The normalized spacial score (nSPS) is 7.64. The molecule has 0 N–H and O–H groups in total. The summed E-state index contributed by atoms with van der Waals surface area (Å²) in [4.78, 5) is 3.98. The maximum absolute atomic E-state index is 4.95. The first kappa shape index (κ1) is 11.4. The van der Waals surface area contributed by atoms with E-state index in [1.807, 2.05) is 26.2 Å². The summed E-state index contributed by atoms with van der Waals surface area (Å²) in [6.45, 7) is 4.08. The molecule has 0 spiro atoms. The molecule has 1 aromatic rings. The van der Waals surface area contributed by atoms with E-state index in [2.05, 4.69) is 11.1 Å². The van der Waals surface area contributed by atoms with Crippen molar-refractivity contribution >= 4 is 19.4 Å². The Labute approximate surface area is 82.8 Å². The SMILES string of the molecule is Cc1cncc(C)c1.[Cl][Zn][Cl]. The predicted molar refractivity (Wildman–Crippen MR) is 45.4 cm³/mol. The number of hydrogen-bond donors (Lipinski definition) is 0. The van der Waals surface area contributed by atoms with Crippen molar-refractivity contribution in [3.63, 3.8) is 0 Å². The van der Waals surface area contributed by atoms with Gasteiger partial charge in [0.2, 0.25) is 0 Å². The molecule has 0 radical (unpaired) electrons. The molecule has 1 heterocycles. The van der Waals surface area contributed by atoms with Gasteiger partial charge < -0.3 is 0 Å². The van der Waals surface area contributed by atoms with Gasteiger partial charge in [-0.05, 0) is 25.0 Å². The van der Waals surface area contributed by atoms with Crippen molar-refractivity contribution in [2.24, 2.45) is 0 Å². The Morgan fingerprint density at radius 3 is 1.73 bits per heavy atom. The molecule has 4 heteroatoms. The molecule has 0 unspecified atom stereocenters. The molecule has 0 fully saturated rings. The van der Waals surface area contributed by atoms with Crippen LogP contribution in [0, 0.1) is 13.8 Å². The van der Waals surface area contributed by atoms with Crippen molar-refractivity contribution in [3.05, 3.63) is 29.6 Å². The molecule has 0 saturated carbocycles. The Kier molecular flexibility index (Phi) is 7.25. The summed E-state index contributed by atoms with van der Waals surface area (Å²) in [5.74, 6) is 0. The third kappa shape index (κ3) is 6.74. The second-order valence-electron chi connectivity index (χ2n) is 2.14. The van der Waals surface area contributed by atoms with Crippen LogP contribution in [0.1, 0.15) is 11.1 Å². The van der Waals surface area contributed by atoms with Crippen LogP contribution in [-0.2, 0) is 15.1 Å². The van der Waals surface area contributed by atoms with Crippen LogP contribution in [0.25, 0.3) is 0 Å². The van der Waals surface area contributed by atoms with Crippen LogP contribution in [-0.4, -0.2) is 4.98 Å². The Balaban J connectivity index is 0.000000292. The average molecular weight is 243 g/mol. The van der Waals surface area contributed by atoms with Crippen molar-refractivity contribution in [2.75, 3.05) is 0 Å². The molecule has 0 amide bonds. The number of halogens is 2. The van der Waals surface area contributed by atoms with E-state index in [0.717, 1.165) is 0 Å². The first-order valence-electron chi connectivity index (χ1n) is 3.21. The fourth-order valence-corrected chi connectivity index (χ4v) is 0.706. The molecule has 58 valence electrons. The van der Waals surface area contributed by atoms with E-state index in [0.29, 0.717) is 0 Å². The van der Waals surface area contributed by atoms with Crippen molar-refractivity contribution < 1.29 is 15.1 Å². The zero-order valence-electron chi connectivity index (χ0n) is 6.64. The minimum atomic E-state index is -0.931. The van der Waals surface area contributed by atoms with Gasteiger partial charge in [-0.1, -0.05) is 6.07 Å². The molecule has 0 atom stereocenters. The van der Waals surface area contributed by atoms with Crippen LogP contribution in [0.5, 0.6) is 0 Å². The van der Waals surface area contributed by atoms with Crippen LogP contribution in [0.2, 0.25) is 0 Å². The van der Waals surface area contributed by atoms with Gasteiger partial charge in [-0.25, -0.2) is 0 Å². The standard InChI is InChI=1S/C7H9N.2ClH.Zn/c1-6-3-7(2)5-8-4-6;;;/h3-5H,1-2H3;2*1H;/q;;;+2/p-2. The topological polar surface area (TPSA) is 12.9 Å². The summed E-state index contributed by atoms with van der Waals surface area (Å²) in [6.07, 6.45) is 3.71. The summed E-state index contributed by atoms with van der Waals surface area (Å²) >= 11 is -0.931. The summed E-state index contributed by atoms with van der Waals surface area (Å²) in [7, 11) is 9.90. The van der Waals surface area contributed by atoms with Crippen molar-refractivity contribution in [1.82, 2.24) is 4.98 Å². The zero-order valence-corrected chi connectivity index (χ0v) is 11.1. The van der Waals surface area contributed by atoms with Gasteiger partial charge in [0.25, 0.3) is 0 Å². The van der Waals surface area contributed by atoms with Gasteiger partial charge in [-0.15, -0.1) is 0 Å². The fraction of sp³-hybridized carbons (Fsp3) is 0.286. The first-order valence-corrected chi connectivity index (χ1v) is 11.0. The van der Waals surface area contributed by atoms with E-state index in [4.69, 9.17) is 19.4 Å². The van der Waals surface area contributed by atoms with Gasteiger partial charge >= 0.3 is 34.5 Å². The van der Waals surface area contributed by atoms with Gasteiger partial charge in [0.1, 0.15) is 0 Å². The van der Waals surface area contributed by atoms with Crippen LogP contribution in [0.3, 0.4) is 0 Å². The Morgan fingerprint density at radius 1 is 1.18 bits per heavy atom. The Morgan fingerprint density at radius 2 is 1.55 bits per heavy atom. The zero-order chi connectivity index (χ0) is 8.69. The third-order valence-corrected chi connectivity index (χ3v) is 1.01. The minimum absolute atomic E-state index is 0.931. The molecule has 0 aliphatic carbocycles. The average Bonchev–Trinajstić information content (AvgIpc) is 1.88. The van der Waals surface area contributed by atoms with Gasteiger partial charge in [0.05, 0.1) is 0 Å². The van der Waals surface area contributed by atoms with Crippen LogP contribution < -0.4 is 0 Å². The molecular formula is C7H9Cl2NZn. The summed E-state index contributed by atoms with van der Waals surface area (Å²) in [6, 6.07) is 2.10. The molecule has 0 aromatic carbocycles. The second-order valence-corrected chi connectivity index (χ2v) is 6.76. The van der Waals surface area contributed by atoms with Gasteiger partial charge in [0.15, 0.2) is 0 Å². The number of nitrogens with zero attached hydrogens (tertiary/aromatic N) is 1. The molecule has 1 aromatic heterocycles. The first-order chi connectivity index (χ1) is 5.20. The van der Waals surface area contributed by atoms with E-state index in [-0.39, 0.29) is 0 Å². The molecule has 0 bridgehead atoms. The summed E-state index contributed by atoms with van der Waals surface area (Å²) in [5, 5.41) is 0. The molecule has 1 rings (SSSR count). The quantitative estimate of drug-likeness (QED) is 0.638. The van der Waals surface area contributed by atoms with Crippen molar-refractivity contribution in [3.8, 4) is 0 Å². The molecule has 0 aliphatic heterocycles. The second kappa shape index (κ2) is 7.03. The Hall–Kier alpha value is 0.353. The van der Waals surface area contributed by atoms with E-state index in [1.54, 1.807) is 0 Å². The predicted octanol–water partition coefficient (Wildman–Crippen LogP) is 3.07. The maximum atomic E-state index is 4.95. The number of aryl methyl sites for hydroxylation is 2. The van der Waals surface area contributed by atoms with E-state index in [9.17, 15) is 0 Å². The van der Waals surface area contributed by atoms with Crippen LogP contribution in [0.15, 0.2) is 18.5 Å². The van der Waals surface area contributed by atoms with Gasteiger partial charge in [-0.3, -0.25) is 4.98 Å². The molecular weight excluding hydrogens is 234 g/mol. The molecule has 1 nitrogen and oxygen atoms in total. The van der Waals surface area contributed by atoms with Gasteiger partial charge in [-0.2, -0.15) is 0 Å². The van der Waals surface area contributed by atoms with E-state index in [1.165, 1.54) is 11.1 Å². The van der Waals surface area contributed by atoms with E-state index >= 15 is 0 Å². The molecule has 11 heavy (non-hydrogen) atoms. The number of rotatable bonds is 0.